The van der Waals surface area contributed by atoms with Crippen molar-refractivity contribution >= 4 is 5.78 Å². The molecule has 1 aromatic rings. The maximum absolute atomic E-state index is 12.5. The number of Topliss-reactive ketones (excluding diaryl/α,β-unsaturated/α-hetero) is 1. The molecule has 0 unspecified atom stereocenters. The number of nitrogens with one attached hydrogen (secondary N) is 1. The first-order valence-electron chi connectivity index (χ1n) is 7.71. The summed E-state index contributed by atoms with van der Waals surface area (Å²) < 4.78 is 5.78. The van der Waals surface area contributed by atoms with E-state index in [9.17, 15) is 4.79 Å². The molecule has 1 fully saturated rings. The highest BCUT2D eigenvalue weighted by atomic mass is 16.5. The van der Waals surface area contributed by atoms with Crippen molar-refractivity contribution < 1.29 is 9.53 Å². The van der Waals surface area contributed by atoms with E-state index in [-0.39, 0.29) is 11.9 Å². The molecule has 1 aliphatic rings. The van der Waals surface area contributed by atoms with Crippen molar-refractivity contribution in [2.24, 2.45) is 0 Å². The molecule has 0 radical (unpaired) electrons. The van der Waals surface area contributed by atoms with E-state index in [1.54, 1.807) is 0 Å². The topological polar surface area (TPSA) is 41.6 Å². The number of rotatable bonds is 5. The van der Waals surface area contributed by atoms with Gasteiger partial charge in [0.2, 0.25) is 0 Å². The Morgan fingerprint density at radius 2 is 1.90 bits per heavy atom. The second kappa shape index (κ2) is 7.05. The molecule has 0 atom stereocenters. The molecule has 1 aliphatic heterocycles. The second-order valence-corrected chi connectivity index (χ2v) is 6.05. The normalized spacial score (nSPS) is 16.2. The van der Waals surface area contributed by atoms with E-state index >= 15 is 0 Å². The van der Waals surface area contributed by atoms with E-state index in [4.69, 9.17) is 4.74 Å². The monoisotopic (exact) mass is 290 g/mol. The summed E-state index contributed by atoms with van der Waals surface area (Å²) in [6.07, 6.45) is 0.144. The number of aryl methyl sites for hydroxylation is 2. The molecule has 4 heteroatoms. The SMILES string of the molecule is Cc1cc(C(=O)CN2CCNCC2)c(C)cc1OC(C)C. The Morgan fingerprint density at radius 3 is 2.52 bits per heavy atom. The lowest BCUT2D eigenvalue weighted by Gasteiger charge is -2.26. The van der Waals surface area contributed by atoms with Gasteiger partial charge in [-0.1, -0.05) is 0 Å². The smallest absolute Gasteiger partial charge is 0.177 e. The van der Waals surface area contributed by atoms with Crippen molar-refractivity contribution in [3.63, 3.8) is 0 Å². The minimum absolute atomic E-state index is 0.144. The summed E-state index contributed by atoms with van der Waals surface area (Å²) in [5.41, 5.74) is 2.84. The zero-order chi connectivity index (χ0) is 15.4. The van der Waals surface area contributed by atoms with E-state index in [0.717, 1.165) is 48.6 Å². The lowest BCUT2D eigenvalue weighted by atomic mass is 10.0. The van der Waals surface area contributed by atoms with Crippen molar-refractivity contribution in [1.29, 1.82) is 0 Å². The molecule has 1 N–H and O–H groups in total. The Morgan fingerprint density at radius 1 is 1.24 bits per heavy atom. The minimum atomic E-state index is 0.144. The number of hydrogen-bond acceptors (Lipinski definition) is 4. The van der Waals surface area contributed by atoms with Gasteiger partial charge in [0.05, 0.1) is 12.6 Å². The first-order chi connectivity index (χ1) is 9.97. The summed E-state index contributed by atoms with van der Waals surface area (Å²) in [5, 5.41) is 3.30. The highest BCUT2D eigenvalue weighted by Gasteiger charge is 2.17. The summed E-state index contributed by atoms with van der Waals surface area (Å²) in [7, 11) is 0. The molecule has 21 heavy (non-hydrogen) atoms. The van der Waals surface area contributed by atoms with E-state index in [0.29, 0.717) is 6.54 Å². The molecular weight excluding hydrogens is 264 g/mol. The maximum atomic E-state index is 12.5. The summed E-state index contributed by atoms with van der Waals surface area (Å²) in [6, 6.07) is 3.96. The number of hydrogen-bond donors (Lipinski definition) is 1. The summed E-state index contributed by atoms with van der Waals surface area (Å²) in [5.74, 6) is 1.08. The first kappa shape index (κ1) is 16.0. The number of carbonyl (C=O) groups excluding carboxylic acids is 1. The molecular formula is C17H26N2O2. The number of carbonyl (C=O) groups is 1. The number of ketones is 1. The van der Waals surface area contributed by atoms with Gasteiger partial charge in [-0.25, -0.2) is 0 Å². The predicted molar refractivity (Wildman–Crippen MR) is 85.3 cm³/mol. The fourth-order valence-electron chi connectivity index (χ4n) is 2.63. The van der Waals surface area contributed by atoms with Crippen molar-refractivity contribution in [2.45, 2.75) is 33.8 Å². The minimum Gasteiger partial charge on any atom is -0.491 e. The molecule has 0 aromatic heterocycles. The average molecular weight is 290 g/mol. The van der Waals surface area contributed by atoms with Crippen LogP contribution in [-0.4, -0.2) is 49.5 Å². The maximum Gasteiger partial charge on any atom is 0.177 e. The van der Waals surface area contributed by atoms with Crippen molar-refractivity contribution in [3.8, 4) is 5.75 Å². The molecule has 0 spiro atoms. The van der Waals surface area contributed by atoms with Gasteiger partial charge in [0.1, 0.15) is 5.75 Å². The molecule has 1 aromatic carbocycles. The third kappa shape index (κ3) is 4.29. The second-order valence-electron chi connectivity index (χ2n) is 6.05. The lowest BCUT2D eigenvalue weighted by Crippen LogP contribution is -2.45. The number of piperazine rings is 1. The summed E-state index contributed by atoms with van der Waals surface area (Å²) in [4.78, 5) is 14.7. The van der Waals surface area contributed by atoms with Gasteiger partial charge in [-0.2, -0.15) is 0 Å². The molecule has 4 nitrogen and oxygen atoms in total. The van der Waals surface area contributed by atoms with Crippen molar-refractivity contribution in [3.05, 3.63) is 28.8 Å². The molecule has 1 heterocycles. The fourth-order valence-corrected chi connectivity index (χ4v) is 2.63. The number of nitrogens with zero attached hydrogens (tertiary/aromatic N) is 1. The Bertz CT molecular complexity index is 506. The van der Waals surface area contributed by atoms with E-state index in [1.807, 2.05) is 39.8 Å². The zero-order valence-corrected chi connectivity index (χ0v) is 13.5. The highest BCUT2D eigenvalue weighted by molar-refractivity contribution is 5.99. The van der Waals surface area contributed by atoms with Crippen LogP contribution in [0, 0.1) is 13.8 Å². The van der Waals surface area contributed by atoms with E-state index in [1.165, 1.54) is 0 Å². The number of ether oxygens (including phenoxy) is 1. The summed E-state index contributed by atoms with van der Waals surface area (Å²) in [6.45, 7) is 12.3. The predicted octanol–water partition coefficient (Wildman–Crippen LogP) is 2.18. The van der Waals surface area contributed by atoms with Crippen molar-refractivity contribution in [1.82, 2.24) is 10.2 Å². The highest BCUT2D eigenvalue weighted by Crippen LogP contribution is 2.24. The zero-order valence-electron chi connectivity index (χ0n) is 13.5. The third-order valence-electron chi connectivity index (χ3n) is 3.76. The van der Waals surface area contributed by atoms with Crippen LogP contribution in [0.2, 0.25) is 0 Å². The fraction of sp³-hybridized carbons (Fsp3) is 0.588. The van der Waals surface area contributed by atoms with Crippen LogP contribution in [0.25, 0.3) is 0 Å². The molecule has 0 bridgehead atoms. The van der Waals surface area contributed by atoms with Crippen molar-refractivity contribution in [2.75, 3.05) is 32.7 Å². The van der Waals surface area contributed by atoms with Crippen LogP contribution in [0.15, 0.2) is 12.1 Å². The van der Waals surface area contributed by atoms with Gasteiger partial charge >= 0.3 is 0 Å². The van der Waals surface area contributed by atoms with Crippen LogP contribution in [0.4, 0.5) is 0 Å². The summed E-state index contributed by atoms with van der Waals surface area (Å²) >= 11 is 0. The van der Waals surface area contributed by atoms with Crippen LogP contribution in [-0.2, 0) is 0 Å². The van der Waals surface area contributed by atoms with Crippen LogP contribution >= 0.6 is 0 Å². The Labute approximate surface area is 127 Å². The Hall–Kier alpha value is -1.39. The molecule has 1 saturated heterocycles. The van der Waals surface area contributed by atoms with Crippen LogP contribution in [0.5, 0.6) is 5.75 Å². The largest absolute Gasteiger partial charge is 0.491 e. The van der Waals surface area contributed by atoms with E-state index < -0.39 is 0 Å². The van der Waals surface area contributed by atoms with Gasteiger partial charge in [-0.15, -0.1) is 0 Å². The third-order valence-corrected chi connectivity index (χ3v) is 3.76. The number of benzene rings is 1. The van der Waals surface area contributed by atoms with Gasteiger partial charge < -0.3 is 10.1 Å². The quantitative estimate of drug-likeness (QED) is 0.844. The van der Waals surface area contributed by atoms with Gasteiger partial charge in [-0.3, -0.25) is 9.69 Å². The van der Waals surface area contributed by atoms with E-state index in [2.05, 4.69) is 10.2 Å². The molecule has 116 valence electrons. The average Bonchev–Trinajstić information content (AvgIpc) is 2.43. The Balaban J connectivity index is 2.11. The molecule has 0 aliphatic carbocycles. The van der Waals surface area contributed by atoms with Gasteiger partial charge in [0, 0.05) is 31.7 Å². The lowest BCUT2D eigenvalue weighted by molar-refractivity contribution is 0.0920. The van der Waals surface area contributed by atoms with Crippen LogP contribution in [0.3, 0.4) is 0 Å². The van der Waals surface area contributed by atoms with Crippen LogP contribution in [0.1, 0.15) is 35.3 Å². The standard InChI is InChI=1S/C17H26N2O2/c1-12(2)21-17-10-13(3)15(9-14(17)4)16(20)11-19-7-5-18-6-8-19/h9-10,12,18H,5-8,11H2,1-4H3. The molecule has 2 rings (SSSR count). The van der Waals surface area contributed by atoms with Gasteiger partial charge in [0.25, 0.3) is 0 Å². The van der Waals surface area contributed by atoms with Gasteiger partial charge in [0.15, 0.2) is 5.78 Å². The first-order valence-corrected chi connectivity index (χ1v) is 7.71. The Kier molecular flexibility index (Phi) is 5.37. The molecule has 0 saturated carbocycles. The van der Waals surface area contributed by atoms with Crippen LogP contribution < -0.4 is 10.1 Å². The molecule has 0 amide bonds. The van der Waals surface area contributed by atoms with Gasteiger partial charge in [-0.05, 0) is 51.0 Å².